The predicted octanol–water partition coefficient (Wildman–Crippen LogP) is 4.55. The lowest BCUT2D eigenvalue weighted by Gasteiger charge is -2.25. The normalized spacial score (nSPS) is 18.8. The van der Waals surface area contributed by atoms with E-state index in [0.717, 1.165) is 11.1 Å². The van der Waals surface area contributed by atoms with Crippen LogP contribution in [0.3, 0.4) is 0 Å². The van der Waals surface area contributed by atoms with Gasteiger partial charge in [0.2, 0.25) is 0 Å². The van der Waals surface area contributed by atoms with Crippen LogP contribution in [0, 0.1) is 0 Å². The van der Waals surface area contributed by atoms with E-state index in [-0.39, 0.29) is 23.7 Å². The summed E-state index contributed by atoms with van der Waals surface area (Å²) in [7, 11) is 0. The van der Waals surface area contributed by atoms with Crippen molar-refractivity contribution in [1.82, 2.24) is 10.2 Å². The Morgan fingerprint density at radius 1 is 1.10 bits per heavy atom. The number of Topliss-reactive ketones (excluding diaryl/α,β-unsaturated/α-hetero) is 1. The first kappa shape index (κ1) is 22.5. The Morgan fingerprint density at radius 2 is 1.74 bits per heavy atom. The number of carbonyl (C=O) groups excluding carboxylic acids is 3. The maximum absolute atomic E-state index is 13.3. The maximum Gasteiger partial charge on any atom is 0.325 e. The number of ether oxygens (including phenoxy) is 1. The van der Waals surface area contributed by atoms with Gasteiger partial charge in [-0.1, -0.05) is 45.0 Å². The van der Waals surface area contributed by atoms with E-state index in [1.165, 1.54) is 11.8 Å². The Labute approximate surface area is 183 Å². The maximum atomic E-state index is 13.3. The molecule has 1 saturated heterocycles. The highest BCUT2D eigenvalue weighted by molar-refractivity contribution is 6.07. The zero-order chi connectivity index (χ0) is 23.0. The highest BCUT2D eigenvalue weighted by atomic mass is 16.5. The molecule has 0 bridgehead atoms. The molecule has 1 unspecified atom stereocenters. The first-order valence-corrected chi connectivity index (χ1v) is 10.5. The van der Waals surface area contributed by atoms with Crippen LogP contribution in [0.1, 0.15) is 68.6 Å². The molecule has 1 aliphatic rings. The van der Waals surface area contributed by atoms with Crippen molar-refractivity contribution >= 4 is 17.7 Å². The molecule has 0 aliphatic carbocycles. The van der Waals surface area contributed by atoms with Gasteiger partial charge >= 0.3 is 6.03 Å². The third-order valence-electron chi connectivity index (χ3n) is 5.70. The first-order valence-electron chi connectivity index (χ1n) is 10.5. The lowest BCUT2D eigenvalue weighted by Crippen LogP contribution is -2.40. The highest BCUT2D eigenvalue weighted by Gasteiger charge is 2.49. The third kappa shape index (κ3) is 4.33. The summed E-state index contributed by atoms with van der Waals surface area (Å²) < 4.78 is 5.65. The number of urea groups is 1. The number of nitrogens with zero attached hydrogens (tertiary/aromatic N) is 1. The van der Waals surface area contributed by atoms with Crippen molar-refractivity contribution in [1.29, 1.82) is 0 Å². The van der Waals surface area contributed by atoms with Gasteiger partial charge in [0, 0.05) is 11.1 Å². The monoisotopic (exact) mass is 422 g/mol. The van der Waals surface area contributed by atoms with Gasteiger partial charge in [-0.25, -0.2) is 4.79 Å². The largest absolute Gasteiger partial charge is 0.494 e. The van der Waals surface area contributed by atoms with E-state index in [2.05, 4.69) is 26.1 Å². The number of hydrogen-bond acceptors (Lipinski definition) is 4. The lowest BCUT2D eigenvalue weighted by atomic mass is 9.84. The molecule has 0 saturated carbocycles. The van der Waals surface area contributed by atoms with Crippen LogP contribution < -0.4 is 10.1 Å². The number of amides is 3. The summed E-state index contributed by atoms with van der Waals surface area (Å²) in [5, 5.41) is 2.84. The van der Waals surface area contributed by atoms with E-state index in [4.69, 9.17) is 4.74 Å². The Balaban J connectivity index is 1.92. The highest BCUT2D eigenvalue weighted by Crippen LogP contribution is 2.33. The summed E-state index contributed by atoms with van der Waals surface area (Å²) in [6.07, 6.45) is 0. The second-order valence-electron chi connectivity index (χ2n) is 9.09. The van der Waals surface area contributed by atoms with Crippen molar-refractivity contribution in [3.05, 3.63) is 64.7 Å². The molecule has 6 heteroatoms. The third-order valence-corrected chi connectivity index (χ3v) is 5.70. The predicted molar refractivity (Wildman–Crippen MR) is 119 cm³/mol. The zero-order valence-electron chi connectivity index (χ0n) is 19.0. The minimum atomic E-state index is -1.16. The molecule has 1 atom stereocenters. The van der Waals surface area contributed by atoms with Gasteiger partial charge in [-0.3, -0.25) is 14.5 Å². The van der Waals surface area contributed by atoms with Crippen LogP contribution in [0.15, 0.2) is 42.5 Å². The fourth-order valence-corrected chi connectivity index (χ4v) is 3.73. The van der Waals surface area contributed by atoms with E-state index in [0.29, 0.717) is 23.5 Å². The van der Waals surface area contributed by atoms with Crippen LogP contribution in [-0.4, -0.2) is 29.2 Å². The summed E-state index contributed by atoms with van der Waals surface area (Å²) in [5.41, 5.74) is 1.83. The fourth-order valence-electron chi connectivity index (χ4n) is 3.73. The lowest BCUT2D eigenvalue weighted by molar-refractivity contribution is -0.131. The van der Waals surface area contributed by atoms with Gasteiger partial charge in [0.25, 0.3) is 5.91 Å². The van der Waals surface area contributed by atoms with E-state index in [1.807, 2.05) is 31.2 Å². The van der Waals surface area contributed by atoms with Gasteiger partial charge in [-0.2, -0.15) is 0 Å². The van der Waals surface area contributed by atoms with E-state index in [9.17, 15) is 14.4 Å². The van der Waals surface area contributed by atoms with Crippen molar-refractivity contribution in [3.63, 3.8) is 0 Å². The van der Waals surface area contributed by atoms with E-state index < -0.39 is 11.6 Å². The first-order chi connectivity index (χ1) is 14.5. The molecule has 3 rings (SSSR count). The van der Waals surface area contributed by atoms with Gasteiger partial charge in [0.1, 0.15) is 11.3 Å². The number of imide groups is 1. The number of nitrogens with one attached hydrogen (secondary N) is 1. The summed E-state index contributed by atoms with van der Waals surface area (Å²) in [5.74, 6) is 0.123. The van der Waals surface area contributed by atoms with Gasteiger partial charge in [0.15, 0.2) is 5.78 Å². The molecule has 2 aromatic rings. The average molecular weight is 423 g/mol. The van der Waals surface area contributed by atoms with Crippen molar-refractivity contribution in [2.45, 2.75) is 59.0 Å². The fraction of sp³-hybridized carbons (Fsp3) is 0.400. The van der Waals surface area contributed by atoms with Crippen molar-refractivity contribution in [2.75, 3.05) is 6.61 Å². The van der Waals surface area contributed by atoms with Crippen LogP contribution >= 0.6 is 0 Å². The van der Waals surface area contributed by atoms with Crippen LogP contribution in [0.4, 0.5) is 4.79 Å². The van der Waals surface area contributed by atoms with Gasteiger partial charge in [0.05, 0.1) is 13.2 Å². The molecule has 164 valence electrons. The van der Waals surface area contributed by atoms with E-state index in [1.54, 1.807) is 25.1 Å². The van der Waals surface area contributed by atoms with Crippen LogP contribution in [0.25, 0.3) is 0 Å². The van der Waals surface area contributed by atoms with Crippen molar-refractivity contribution in [3.8, 4) is 5.75 Å². The molecule has 1 fully saturated rings. The van der Waals surface area contributed by atoms with Gasteiger partial charge in [-0.15, -0.1) is 0 Å². The second kappa shape index (κ2) is 8.17. The molecular weight excluding hydrogens is 392 g/mol. The summed E-state index contributed by atoms with van der Waals surface area (Å²) in [4.78, 5) is 39.1. The van der Waals surface area contributed by atoms with Gasteiger partial charge in [-0.05, 0) is 55.5 Å². The quantitative estimate of drug-likeness (QED) is 0.547. The molecule has 0 spiro atoms. The van der Waals surface area contributed by atoms with Crippen molar-refractivity contribution < 1.29 is 19.1 Å². The Morgan fingerprint density at radius 3 is 2.29 bits per heavy atom. The number of rotatable bonds is 6. The van der Waals surface area contributed by atoms with Crippen LogP contribution in [0.5, 0.6) is 5.75 Å². The average Bonchev–Trinajstić information content (AvgIpc) is 2.92. The Kier molecular flexibility index (Phi) is 5.94. The van der Waals surface area contributed by atoms with Gasteiger partial charge < -0.3 is 10.1 Å². The number of benzene rings is 2. The number of hydrogen-bond donors (Lipinski definition) is 1. The Bertz CT molecular complexity index is 1020. The number of ketones is 1. The standard InChI is InChI=1S/C25H30N2O4/c1-7-31-21-13-8-17(16(2)28)14-18(21)15-27-22(29)25(6,26-23(27)30)20-11-9-19(10-12-20)24(3,4)5/h8-14H,7,15H2,1-6H3,(H,26,30). The van der Waals surface area contributed by atoms with Crippen molar-refractivity contribution in [2.24, 2.45) is 0 Å². The molecule has 6 nitrogen and oxygen atoms in total. The molecule has 31 heavy (non-hydrogen) atoms. The smallest absolute Gasteiger partial charge is 0.325 e. The van der Waals surface area contributed by atoms with Crippen LogP contribution in [0.2, 0.25) is 0 Å². The second-order valence-corrected chi connectivity index (χ2v) is 9.09. The van der Waals surface area contributed by atoms with E-state index >= 15 is 0 Å². The molecule has 3 amide bonds. The summed E-state index contributed by atoms with van der Waals surface area (Å²) >= 11 is 0. The minimum Gasteiger partial charge on any atom is -0.494 e. The number of carbonyl (C=O) groups is 3. The molecular formula is C25H30N2O4. The SMILES string of the molecule is CCOc1ccc(C(C)=O)cc1CN1C(=O)NC(C)(c2ccc(C(C)(C)C)cc2)C1=O. The molecule has 1 heterocycles. The molecule has 2 aromatic carbocycles. The molecule has 0 radical (unpaired) electrons. The molecule has 1 aliphatic heterocycles. The molecule has 0 aromatic heterocycles. The minimum absolute atomic E-state index is 0.00812. The Hall–Kier alpha value is -3.15. The molecule has 1 N–H and O–H groups in total. The summed E-state index contributed by atoms with van der Waals surface area (Å²) in [6, 6.07) is 12.4. The van der Waals surface area contributed by atoms with Crippen LogP contribution in [-0.2, 0) is 22.3 Å². The summed E-state index contributed by atoms with van der Waals surface area (Å²) in [6.45, 7) is 11.9. The topological polar surface area (TPSA) is 75.7 Å². The zero-order valence-corrected chi connectivity index (χ0v) is 19.0.